The molecular formula is C9H8FNO3S. The van der Waals surface area contributed by atoms with E-state index in [0.717, 1.165) is 12.3 Å². The minimum atomic E-state index is -3.84. The molecule has 0 amide bonds. The van der Waals surface area contributed by atoms with Crippen molar-refractivity contribution in [3.8, 4) is 11.8 Å². The van der Waals surface area contributed by atoms with Gasteiger partial charge in [-0.15, -0.1) is 0 Å². The Morgan fingerprint density at radius 3 is 2.60 bits per heavy atom. The highest BCUT2D eigenvalue weighted by Gasteiger charge is 2.21. The van der Waals surface area contributed by atoms with Gasteiger partial charge in [-0.05, 0) is 6.07 Å². The normalized spacial score (nSPS) is 11.0. The first-order chi connectivity index (χ1) is 6.88. The Kier molecular flexibility index (Phi) is 2.95. The van der Waals surface area contributed by atoms with Gasteiger partial charge in [-0.1, -0.05) is 6.07 Å². The van der Waals surface area contributed by atoms with E-state index < -0.39 is 26.3 Å². The van der Waals surface area contributed by atoms with Gasteiger partial charge >= 0.3 is 0 Å². The Balaban J connectivity index is 3.52. The number of phenolic OH excluding ortho intramolecular Hbond substituents is 1. The maximum absolute atomic E-state index is 13.5. The van der Waals surface area contributed by atoms with Gasteiger partial charge in [-0.2, -0.15) is 5.26 Å². The lowest BCUT2D eigenvalue weighted by molar-refractivity contribution is 0.443. The number of aromatic hydroxyl groups is 1. The number of rotatable bonds is 2. The maximum Gasteiger partial charge on any atom is 0.182 e. The fourth-order valence-corrected chi connectivity index (χ4v) is 2.07. The molecule has 15 heavy (non-hydrogen) atoms. The molecule has 0 heterocycles. The van der Waals surface area contributed by atoms with E-state index >= 15 is 0 Å². The Hall–Kier alpha value is -1.61. The summed E-state index contributed by atoms with van der Waals surface area (Å²) >= 11 is 0. The number of nitrogens with zero attached hydrogens (tertiary/aromatic N) is 1. The van der Waals surface area contributed by atoms with Crippen LogP contribution < -0.4 is 0 Å². The average molecular weight is 229 g/mol. The van der Waals surface area contributed by atoms with E-state index in [0.29, 0.717) is 0 Å². The van der Waals surface area contributed by atoms with Crippen molar-refractivity contribution in [2.24, 2.45) is 0 Å². The van der Waals surface area contributed by atoms with Crippen LogP contribution >= 0.6 is 0 Å². The van der Waals surface area contributed by atoms with Gasteiger partial charge in [0.05, 0.1) is 12.5 Å². The van der Waals surface area contributed by atoms with Gasteiger partial charge in [0.25, 0.3) is 0 Å². The number of phenols is 1. The summed E-state index contributed by atoms with van der Waals surface area (Å²) in [4.78, 5) is -0.754. The standard InChI is InChI=1S/C9H8FNO3S/c1-15(13,14)9-7(12)3-2-6(4-5-11)8(9)10/h2-3,12H,4H2,1H3. The van der Waals surface area contributed by atoms with E-state index in [4.69, 9.17) is 5.26 Å². The minimum absolute atomic E-state index is 0.0456. The van der Waals surface area contributed by atoms with E-state index in [9.17, 15) is 17.9 Å². The number of hydrogen-bond donors (Lipinski definition) is 1. The summed E-state index contributed by atoms with van der Waals surface area (Å²) in [7, 11) is -3.84. The molecule has 1 aromatic rings. The zero-order valence-electron chi connectivity index (χ0n) is 7.86. The van der Waals surface area contributed by atoms with Gasteiger partial charge in [0.15, 0.2) is 9.84 Å². The summed E-state index contributed by atoms with van der Waals surface area (Å²) in [6.45, 7) is 0. The molecule has 1 rings (SSSR count). The molecule has 1 N–H and O–H groups in total. The van der Waals surface area contributed by atoms with Crippen molar-refractivity contribution >= 4 is 9.84 Å². The lowest BCUT2D eigenvalue weighted by atomic mass is 10.1. The molecule has 80 valence electrons. The molecule has 0 radical (unpaired) electrons. The summed E-state index contributed by atoms with van der Waals surface area (Å²) in [5, 5.41) is 17.6. The van der Waals surface area contributed by atoms with Crippen molar-refractivity contribution < 1.29 is 17.9 Å². The van der Waals surface area contributed by atoms with E-state index in [1.54, 1.807) is 6.07 Å². The molecule has 0 fully saturated rings. The van der Waals surface area contributed by atoms with Gasteiger partial charge in [0.2, 0.25) is 0 Å². The second-order valence-electron chi connectivity index (χ2n) is 2.99. The summed E-state index contributed by atoms with van der Waals surface area (Å²) in [5.41, 5.74) is -0.0456. The van der Waals surface area contributed by atoms with Crippen LogP contribution in [0.2, 0.25) is 0 Å². The predicted octanol–water partition coefficient (Wildman–Crippen LogP) is 1.00. The first-order valence-electron chi connectivity index (χ1n) is 3.95. The third kappa shape index (κ3) is 2.25. The molecule has 0 bridgehead atoms. The number of hydrogen-bond acceptors (Lipinski definition) is 4. The summed E-state index contributed by atoms with van der Waals surface area (Å²) in [5.74, 6) is -1.70. The van der Waals surface area contributed by atoms with Gasteiger partial charge in [-0.25, -0.2) is 12.8 Å². The van der Waals surface area contributed by atoms with Crippen LogP contribution in [0, 0.1) is 17.1 Å². The Morgan fingerprint density at radius 1 is 1.53 bits per heavy atom. The topological polar surface area (TPSA) is 78.2 Å². The first kappa shape index (κ1) is 11.5. The van der Waals surface area contributed by atoms with Crippen LogP contribution in [-0.4, -0.2) is 19.8 Å². The van der Waals surface area contributed by atoms with E-state index in [-0.39, 0.29) is 12.0 Å². The van der Waals surface area contributed by atoms with Crippen molar-refractivity contribution in [1.29, 1.82) is 5.26 Å². The third-order valence-corrected chi connectivity index (χ3v) is 2.93. The van der Waals surface area contributed by atoms with Crippen molar-refractivity contribution in [2.45, 2.75) is 11.3 Å². The van der Waals surface area contributed by atoms with Gasteiger partial charge in [0, 0.05) is 11.8 Å². The molecule has 0 aromatic heterocycles. The molecular weight excluding hydrogens is 221 g/mol. The minimum Gasteiger partial charge on any atom is -0.506 e. The lowest BCUT2D eigenvalue weighted by Gasteiger charge is -2.06. The number of sulfone groups is 1. The second-order valence-corrected chi connectivity index (χ2v) is 4.95. The van der Waals surface area contributed by atoms with Gasteiger partial charge < -0.3 is 5.11 Å². The summed E-state index contributed by atoms with van der Waals surface area (Å²) in [6, 6.07) is 3.95. The van der Waals surface area contributed by atoms with Crippen LogP contribution in [0.3, 0.4) is 0 Å². The molecule has 0 saturated carbocycles. The fraction of sp³-hybridized carbons (Fsp3) is 0.222. The van der Waals surface area contributed by atoms with Crippen LogP contribution in [0.4, 0.5) is 4.39 Å². The largest absolute Gasteiger partial charge is 0.506 e. The van der Waals surface area contributed by atoms with Crippen LogP contribution in [0.15, 0.2) is 17.0 Å². The van der Waals surface area contributed by atoms with Crippen molar-refractivity contribution in [3.05, 3.63) is 23.5 Å². The maximum atomic E-state index is 13.5. The van der Waals surface area contributed by atoms with Crippen molar-refractivity contribution in [1.82, 2.24) is 0 Å². The Bertz CT molecular complexity index is 531. The van der Waals surface area contributed by atoms with Crippen molar-refractivity contribution in [2.75, 3.05) is 6.26 Å². The molecule has 0 unspecified atom stereocenters. The lowest BCUT2D eigenvalue weighted by Crippen LogP contribution is -2.04. The fourth-order valence-electron chi connectivity index (χ4n) is 1.16. The highest BCUT2D eigenvalue weighted by Crippen LogP contribution is 2.27. The van der Waals surface area contributed by atoms with Crippen LogP contribution in [-0.2, 0) is 16.3 Å². The molecule has 4 nitrogen and oxygen atoms in total. The molecule has 1 aromatic carbocycles. The molecule has 0 aliphatic heterocycles. The van der Waals surface area contributed by atoms with Crippen LogP contribution in [0.5, 0.6) is 5.75 Å². The SMILES string of the molecule is CS(=O)(=O)c1c(O)ccc(CC#N)c1F. The Labute approximate surface area is 86.5 Å². The number of nitriles is 1. The summed E-state index contributed by atoms with van der Waals surface area (Å²) < 4.78 is 35.8. The van der Waals surface area contributed by atoms with Gasteiger partial charge in [-0.3, -0.25) is 0 Å². The number of halogens is 1. The predicted molar refractivity (Wildman–Crippen MR) is 50.5 cm³/mol. The smallest absolute Gasteiger partial charge is 0.182 e. The second kappa shape index (κ2) is 3.87. The average Bonchev–Trinajstić information content (AvgIpc) is 2.08. The van der Waals surface area contributed by atoms with Crippen molar-refractivity contribution in [3.63, 3.8) is 0 Å². The van der Waals surface area contributed by atoms with Crippen LogP contribution in [0.1, 0.15) is 5.56 Å². The third-order valence-electron chi connectivity index (χ3n) is 1.80. The van der Waals surface area contributed by atoms with E-state index in [1.165, 1.54) is 6.07 Å². The van der Waals surface area contributed by atoms with Gasteiger partial charge in [0.1, 0.15) is 16.5 Å². The molecule has 6 heteroatoms. The first-order valence-corrected chi connectivity index (χ1v) is 5.84. The van der Waals surface area contributed by atoms with E-state index in [1.807, 2.05) is 0 Å². The van der Waals surface area contributed by atoms with E-state index in [2.05, 4.69) is 0 Å². The monoisotopic (exact) mass is 229 g/mol. The molecule has 0 aliphatic rings. The molecule has 0 aliphatic carbocycles. The zero-order valence-corrected chi connectivity index (χ0v) is 8.68. The molecule has 0 saturated heterocycles. The van der Waals surface area contributed by atoms with Crippen LogP contribution in [0.25, 0.3) is 0 Å². The molecule has 0 atom stereocenters. The Morgan fingerprint density at radius 2 is 2.13 bits per heavy atom. The summed E-state index contributed by atoms with van der Waals surface area (Å²) in [6.07, 6.45) is 0.552. The quantitative estimate of drug-likeness (QED) is 0.820. The number of benzene rings is 1. The highest BCUT2D eigenvalue weighted by atomic mass is 32.2. The molecule has 0 spiro atoms. The highest BCUT2D eigenvalue weighted by molar-refractivity contribution is 7.90. The zero-order chi connectivity index (χ0) is 11.6.